The van der Waals surface area contributed by atoms with E-state index in [2.05, 4.69) is 5.32 Å². The molecule has 0 radical (unpaired) electrons. The molecular weight excluding hydrogens is 449 g/mol. The van der Waals surface area contributed by atoms with Gasteiger partial charge in [0.1, 0.15) is 11.9 Å². The van der Waals surface area contributed by atoms with E-state index < -0.39 is 22.7 Å². The van der Waals surface area contributed by atoms with Gasteiger partial charge in [-0.2, -0.15) is 0 Å². The summed E-state index contributed by atoms with van der Waals surface area (Å²) in [4.78, 5) is 39.3. The zero-order valence-electron chi connectivity index (χ0n) is 19.7. The van der Waals surface area contributed by atoms with Gasteiger partial charge in [-0.05, 0) is 37.1 Å². The molecule has 0 saturated carbocycles. The first-order chi connectivity index (χ1) is 16.7. The van der Waals surface area contributed by atoms with E-state index in [0.717, 1.165) is 5.56 Å². The van der Waals surface area contributed by atoms with Gasteiger partial charge in [-0.15, -0.1) is 0 Å². The molecular formula is C27H28FN3O4. The molecule has 182 valence electrons. The van der Waals surface area contributed by atoms with Crippen LogP contribution in [0.2, 0.25) is 0 Å². The van der Waals surface area contributed by atoms with Crippen LogP contribution >= 0.6 is 0 Å². The average molecular weight is 478 g/mol. The van der Waals surface area contributed by atoms with Crippen molar-refractivity contribution in [3.05, 3.63) is 111 Å². The second kappa shape index (κ2) is 11.9. The molecule has 1 N–H and O–H groups in total. The number of halogens is 1. The Balaban J connectivity index is 2.00. The van der Waals surface area contributed by atoms with E-state index in [0.29, 0.717) is 5.56 Å². The van der Waals surface area contributed by atoms with Gasteiger partial charge in [-0.3, -0.25) is 19.7 Å². The van der Waals surface area contributed by atoms with E-state index in [9.17, 15) is 24.1 Å². The molecule has 3 aromatic carbocycles. The van der Waals surface area contributed by atoms with Gasteiger partial charge >= 0.3 is 0 Å². The predicted octanol–water partition coefficient (Wildman–Crippen LogP) is 4.44. The third-order valence-electron chi connectivity index (χ3n) is 5.50. The number of para-hydroxylation sites is 1. The molecule has 3 aromatic rings. The maximum absolute atomic E-state index is 13.6. The number of benzene rings is 3. The van der Waals surface area contributed by atoms with E-state index in [1.54, 1.807) is 18.2 Å². The maximum atomic E-state index is 13.6. The van der Waals surface area contributed by atoms with Crippen molar-refractivity contribution >= 4 is 17.5 Å². The molecule has 0 aliphatic heterocycles. The normalized spacial score (nSPS) is 11.7. The monoisotopic (exact) mass is 477 g/mol. The molecule has 0 aliphatic rings. The summed E-state index contributed by atoms with van der Waals surface area (Å²) < 4.78 is 13.5. The minimum absolute atomic E-state index is 0.0444. The van der Waals surface area contributed by atoms with Gasteiger partial charge < -0.3 is 10.2 Å². The molecule has 0 aromatic heterocycles. The number of amides is 2. The van der Waals surface area contributed by atoms with Gasteiger partial charge in [-0.1, -0.05) is 60.7 Å². The average Bonchev–Trinajstić information content (AvgIpc) is 2.83. The topological polar surface area (TPSA) is 92.6 Å². The lowest BCUT2D eigenvalue weighted by Gasteiger charge is -2.32. The zero-order valence-corrected chi connectivity index (χ0v) is 19.7. The Bertz CT molecular complexity index is 1170. The van der Waals surface area contributed by atoms with Crippen LogP contribution < -0.4 is 5.32 Å². The molecule has 0 saturated heterocycles. The quantitative estimate of drug-likeness (QED) is 0.345. The second-order valence-corrected chi connectivity index (χ2v) is 8.58. The fraction of sp³-hybridized carbons (Fsp3) is 0.259. The van der Waals surface area contributed by atoms with E-state index in [1.165, 1.54) is 35.2 Å². The van der Waals surface area contributed by atoms with Crippen LogP contribution in [0.1, 0.15) is 30.5 Å². The van der Waals surface area contributed by atoms with E-state index >= 15 is 0 Å². The third kappa shape index (κ3) is 7.20. The number of hydrogen-bond donors (Lipinski definition) is 1. The van der Waals surface area contributed by atoms with Gasteiger partial charge in [0, 0.05) is 30.6 Å². The van der Waals surface area contributed by atoms with Crippen LogP contribution in [0.25, 0.3) is 0 Å². The first-order valence-corrected chi connectivity index (χ1v) is 11.3. The summed E-state index contributed by atoms with van der Waals surface area (Å²) in [6, 6.07) is 20.0. The van der Waals surface area contributed by atoms with Crippen LogP contribution in [0.4, 0.5) is 10.1 Å². The molecule has 0 fully saturated rings. The molecule has 2 amide bonds. The van der Waals surface area contributed by atoms with Gasteiger partial charge in [0.05, 0.1) is 11.3 Å². The molecule has 3 rings (SSSR count). The molecule has 0 spiro atoms. The number of rotatable bonds is 10. The fourth-order valence-corrected chi connectivity index (χ4v) is 3.82. The number of nitro benzene ring substituents is 1. The molecule has 0 bridgehead atoms. The standard InChI is InChI=1S/C27H28FN3O4/c1-19(2)29-27(33)25(16-20-8-4-3-5-9-20)30(18-21-12-14-23(28)15-13-21)26(32)17-22-10-6-7-11-24(22)31(34)35/h3-15,19,25H,16-18H2,1-2H3,(H,29,33). The summed E-state index contributed by atoms with van der Waals surface area (Å²) in [5.41, 5.74) is 1.60. The van der Waals surface area contributed by atoms with Gasteiger partial charge in [0.2, 0.25) is 11.8 Å². The van der Waals surface area contributed by atoms with Gasteiger partial charge in [0.25, 0.3) is 5.69 Å². The van der Waals surface area contributed by atoms with Crippen LogP contribution in [0.5, 0.6) is 0 Å². The lowest BCUT2D eigenvalue weighted by atomic mass is 10.0. The Kier molecular flexibility index (Phi) is 8.67. The van der Waals surface area contributed by atoms with Crippen molar-refractivity contribution < 1.29 is 18.9 Å². The highest BCUT2D eigenvalue weighted by atomic mass is 19.1. The van der Waals surface area contributed by atoms with Gasteiger partial charge in [0.15, 0.2) is 0 Å². The Hall–Kier alpha value is -4.07. The SMILES string of the molecule is CC(C)NC(=O)C(Cc1ccccc1)N(Cc1ccc(F)cc1)C(=O)Cc1ccccc1[N+](=O)[O-]. The zero-order chi connectivity index (χ0) is 25.4. The summed E-state index contributed by atoms with van der Waals surface area (Å²) >= 11 is 0. The predicted molar refractivity (Wildman–Crippen MR) is 131 cm³/mol. The van der Waals surface area contributed by atoms with Gasteiger partial charge in [-0.25, -0.2) is 4.39 Å². The fourth-order valence-electron chi connectivity index (χ4n) is 3.82. The Morgan fingerprint density at radius 3 is 2.20 bits per heavy atom. The van der Waals surface area contributed by atoms with Crippen LogP contribution in [0.3, 0.4) is 0 Å². The molecule has 1 atom stereocenters. The molecule has 0 heterocycles. The first kappa shape index (κ1) is 25.6. The summed E-state index contributed by atoms with van der Waals surface area (Å²) in [5.74, 6) is -1.18. The highest BCUT2D eigenvalue weighted by Gasteiger charge is 2.31. The van der Waals surface area contributed by atoms with Crippen molar-refractivity contribution in [3.63, 3.8) is 0 Å². The van der Waals surface area contributed by atoms with Crippen molar-refractivity contribution in [1.29, 1.82) is 0 Å². The molecule has 8 heteroatoms. The molecule has 7 nitrogen and oxygen atoms in total. The largest absolute Gasteiger partial charge is 0.352 e. The second-order valence-electron chi connectivity index (χ2n) is 8.58. The number of carbonyl (C=O) groups is 2. The van der Waals surface area contributed by atoms with Crippen molar-refractivity contribution in [3.8, 4) is 0 Å². The lowest BCUT2D eigenvalue weighted by Crippen LogP contribution is -2.52. The molecule has 1 unspecified atom stereocenters. The number of nitrogens with one attached hydrogen (secondary N) is 1. The lowest BCUT2D eigenvalue weighted by molar-refractivity contribution is -0.385. The van der Waals surface area contributed by atoms with Crippen molar-refractivity contribution in [2.75, 3.05) is 0 Å². The van der Waals surface area contributed by atoms with Crippen molar-refractivity contribution in [2.45, 2.75) is 45.3 Å². The summed E-state index contributed by atoms with van der Waals surface area (Å²) in [6.45, 7) is 3.71. The van der Waals surface area contributed by atoms with Crippen LogP contribution in [-0.4, -0.2) is 33.7 Å². The Morgan fingerprint density at radius 1 is 0.943 bits per heavy atom. The minimum Gasteiger partial charge on any atom is -0.352 e. The summed E-state index contributed by atoms with van der Waals surface area (Å²) in [6.07, 6.45) is 0.00179. The van der Waals surface area contributed by atoms with Crippen LogP contribution in [0.15, 0.2) is 78.9 Å². The Labute approximate surface area is 203 Å². The molecule has 35 heavy (non-hydrogen) atoms. The Morgan fingerprint density at radius 2 is 1.57 bits per heavy atom. The highest BCUT2D eigenvalue weighted by Crippen LogP contribution is 2.22. The maximum Gasteiger partial charge on any atom is 0.273 e. The van der Waals surface area contributed by atoms with Crippen LogP contribution in [-0.2, 0) is 29.0 Å². The number of nitrogens with zero attached hydrogens (tertiary/aromatic N) is 2. The van der Waals surface area contributed by atoms with E-state index in [4.69, 9.17) is 0 Å². The molecule has 0 aliphatic carbocycles. The smallest absolute Gasteiger partial charge is 0.273 e. The van der Waals surface area contributed by atoms with E-state index in [-0.39, 0.29) is 42.6 Å². The summed E-state index contributed by atoms with van der Waals surface area (Å²) in [7, 11) is 0. The first-order valence-electron chi connectivity index (χ1n) is 11.3. The summed E-state index contributed by atoms with van der Waals surface area (Å²) in [5, 5.41) is 14.4. The number of hydrogen-bond acceptors (Lipinski definition) is 4. The minimum atomic E-state index is -0.875. The highest BCUT2D eigenvalue weighted by molar-refractivity contribution is 5.89. The van der Waals surface area contributed by atoms with Crippen molar-refractivity contribution in [2.24, 2.45) is 0 Å². The van der Waals surface area contributed by atoms with Crippen molar-refractivity contribution in [1.82, 2.24) is 10.2 Å². The third-order valence-corrected chi connectivity index (χ3v) is 5.50. The van der Waals surface area contributed by atoms with Crippen LogP contribution in [0, 0.1) is 15.9 Å². The van der Waals surface area contributed by atoms with E-state index in [1.807, 2.05) is 44.2 Å². The number of carbonyl (C=O) groups excluding carboxylic acids is 2. The number of nitro groups is 1.